The van der Waals surface area contributed by atoms with Crippen LogP contribution in [0.1, 0.15) is 5.56 Å². The van der Waals surface area contributed by atoms with Crippen LogP contribution in [0.15, 0.2) is 29.2 Å². The van der Waals surface area contributed by atoms with E-state index in [1.54, 1.807) is 18.2 Å². The predicted molar refractivity (Wildman–Crippen MR) is 44.4 cm³/mol. The lowest BCUT2D eigenvalue weighted by Crippen LogP contribution is -2.05. The highest BCUT2D eigenvalue weighted by Crippen LogP contribution is 2.21. The van der Waals surface area contributed by atoms with Crippen LogP contribution in [0.25, 0.3) is 0 Å². The molecule has 0 N–H and O–H groups in total. The highest BCUT2D eigenvalue weighted by Gasteiger charge is 2.21. The number of benzene rings is 1. The average molecular weight is 200 g/mol. The van der Waals surface area contributed by atoms with Gasteiger partial charge in [0.25, 0.3) is 10.1 Å². The number of ether oxygens (including phenoxy) is 1. The molecule has 1 aromatic rings. The zero-order chi connectivity index (χ0) is 9.31. The van der Waals surface area contributed by atoms with Gasteiger partial charge in [-0.2, -0.15) is 8.42 Å². The molecule has 4 nitrogen and oxygen atoms in total. The van der Waals surface area contributed by atoms with Crippen molar-refractivity contribution >= 4 is 10.1 Å². The second kappa shape index (κ2) is 3.10. The predicted octanol–water partition coefficient (Wildman–Crippen LogP) is 0.880. The Morgan fingerprint density at radius 1 is 1.23 bits per heavy atom. The van der Waals surface area contributed by atoms with Crippen molar-refractivity contribution in [2.45, 2.75) is 11.5 Å². The van der Waals surface area contributed by atoms with Crippen molar-refractivity contribution in [2.24, 2.45) is 0 Å². The number of fused-ring (bicyclic) bond motifs is 1. The molecule has 0 spiro atoms. The molecule has 0 aromatic heterocycles. The van der Waals surface area contributed by atoms with Crippen molar-refractivity contribution < 1.29 is 17.3 Å². The van der Waals surface area contributed by atoms with Crippen molar-refractivity contribution in [1.82, 2.24) is 0 Å². The van der Waals surface area contributed by atoms with Crippen LogP contribution in [0, 0.1) is 0 Å². The van der Waals surface area contributed by atoms with Crippen LogP contribution in [-0.2, 0) is 25.6 Å². The normalized spacial score (nSPS) is 20.3. The van der Waals surface area contributed by atoms with Gasteiger partial charge in [-0.25, -0.2) is 4.18 Å². The summed E-state index contributed by atoms with van der Waals surface area (Å²) < 4.78 is 32.3. The Morgan fingerprint density at radius 2 is 2.00 bits per heavy atom. The van der Waals surface area contributed by atoms with Crippen LogP contribution in [-0.4, -0.2) is 15.2 Å². The van der Waals surface area contributed by atoms with Gasteiger partial charge in [0.05, 0.1) is 11.5 Å². The lowest BCUT2D eigenvalue weighted by molar-refractivity contribution is 0.0140. The van der Waals surface area contributed by atoms with Crippen molar-refractivity contribution in [3.05, 3.63) is 29.8 Å². The maximum Gasteiger partial charge on any atom is 0.299 e. The molecular formula is C8H8O4S. The molecule has 1 aliphatic heterocycles. The van der Waals surface area contributed by atoms with Gasteiger partial charge in [0.2, 0.25) is 0 Å². The third kappa shape index (κ3) is 1.58. The van der Waals surface area contributed by atoms with Crippen LogP contribution < -0.4 is 0 Å². The van der Waals surface area contributed by atoms with E-state index in [2.05, 4.69) is 4.18 Å². The third-order valence-electron chi connectivity index (χ3n) is 1.79. The highest BCUT2D eigenvalue weighted by atomic mass is 32.2. The van der Waals surface area contributed by atoms with Crippen molar-refractivity contribution in [1.29, 1.82) is 0 Å². The minimum Gasteiger partial charge on any atom is -0.349 e. The summed E-state index contributed by atoms with van der Waals surface area (Å²) in [6, 6.07) is 6.65. The molecule has 13 heavy (non-hydrogen) atoms. The SMILES string of the molecule is O=S1(=O)OCOCc2ccccc21. The van der Waals surface area contributed by atoms with E-state index in [0.717, 1.165) is 0 Å². The summed E-state index contributed by atoms with van der Waals surface area (Å²) in [5.74, 6) is 0. The van der Waals surface area contributed by atoms with Gasteiger partial charge in [-0.1, -0.05) is 18.2 Å². The summed E-state index contributed by atoms with van der Waals surface area (Å²) in [5.41, 5.74) is 0.639. The fourth-order valence-corrected chi connectivity index (χ4v) is 2.19. The fourth-order valence-electron chi connectivity index (χ4n) is 1.18. The van der Waals surface area contributed by atoms with Gasteiger partial charge in [0, 0.05) is 0 Å². The lowest BCUT2D eigenvalue weighted by Gasteiger charge is -2.01. The number of hydrogen-bond acceptors (Lipinski definition) is 4. The molecule has 5 heteroatoms. The Morgan fingerprint density at radius 3 is 2.85 bits per heavy atom. The van der Waals surface area contributed by atoms with E-state index >= 15 is 0 Å². The van der Waals surface area contributed by atoms with Crippen LogP contribution in [0.5, 0.6) is 0 Å². The first-order valence-electron chi connectivity index (χ1n) is 3.75. The van der Waals surface area contributed by atoms with Gasteiger partial charge >= 0.3 is 0 Å². The molecule has 0 fully saturated rings. The third-order valence-corrected chi connectivity index (χ3v) is 3.13. The molecule has 70 valence electrons. The fraction of sp³-hybridized carbons (Fsp3) is 0.250. The molecule has 1 heterocycles. The van der Waals surface area contributed by atoms with Crippen LogP contribution in [0.4, 0.5) is 0 Å². The van der Waals surface area contributed by atoms with Crippen molar-refractivity contribution in [3.63, 3.8) is 0 Å². The van der Waals surface area contributed by atoms with Crippen LogP contribution in [0.2, 0.25) is 0 Å². The molecule has 0 unspecified atom stereocenters. The largest absolute Gasteiger partial charge is 0.349 e. The first-order chi connectivity index (χ1) is 6.20. The number of rotatable bonds is 0. The monoisotopic (exact) mass is 200 g/mol. The zero-order valence-electron chi connectivity index (χ0n) is 6.76. The summed E-state index contributed by atoms with van der Waals surface area (Å²) in [7, 11) is -3.60. The van der Waals surface area contributed by atoms with E-state index < -0.39 is 10.1 Å². The Hall–Kier alpha value is -0.910. The molecule has 0 atom stereocenters. The quantitative estimate of drug-likeness (QED) is 0.583. The smallest absolute Gasteiger partial charge is 0.299 e. The minimum atomic E-state index is -3.60. The minimum absolute atomic E-state index is 0.201. The van der Waals surface area contributed by atoms with E-state index in [-0.39, 0.29) is 18.3 Å². The Labute approximate surface area is 76.2 Å². The first-order valence-corrected chi connectivity index (χ1v) is 5.16. The van der Waals surface area contributed by atoms with Gasteiger partial charge in [0.1, 0.15) is 0 Å². The van der Waals surface area contributed by atoms with E-state index in [4.69, 9.17) is 4.74 Å². The Bertz CT molecular complexity index is 410. The van der Waals surface area contributed by atoms with Gasteiger partial charge in [-0.15, -0.1) is 0 Å². The van der Waals surface area contributed by atoms with Gasteiger partial charge in [-0.05, 0) is 11.6 Å². The van der Waals surface area contributed by atoms with Gasteiger partial charge in [-0.3, -0.25) is 0 Å². The maximum absolute atomic E-state index is 11.4. The first kappa shape index (κ1) is 8.68. The molecule has 0 bridgehead atoms. The summed E-state index contributed by atoms with van der Waals surface area (Å²) in [6.45, 7) is 0.0619. The standard InChI is InChI=1S/C8H8O4S/c9-13(10)8-4-2-1-3-7(8)5-11-6-12-13/h1-4H,5-6H2. The Balaban J connectivity index is 2.62. The average Bonchev–Trinajstić information content (AvgIpc) is 2.26. The van der Waals surface area contributed by atoms with Crippen molar-refractivity contribution in [3.8, 4) is 0 Å². The van der Waals surface area contributed by atoms with Crippen LogP contribution >= 0.6 is 0 Å². The molecule has 2 rings (SSSR count). The van der Waals surface area contributed by atoms with E-state index in [1.807, 2.05) is 0 Å². The summed E-state index contributed by atoms with van der Waals surface area (Å²) >= 11 is 0. The second-order valence-electron chi connectivity index (χ2n) is 2.65. The molecule has 1 aliphatic rings. The zero-order valence-corrected chi connectivity index (χ0v) is 7.58. The van der Waals surface area contributed by atoms with Crippen molar-refractivity contribution in [2.75, 3.05) is 6.79 Å². The molecule has 0 radical (unpaired) electrons. The summed E-state index contributed by atoms with van der Waals surface area (Å²) in [5, 5.41) is 0. The lowest BCUT2D eigenvalue weighted by atomic mass is 10.2. The molecule has 0 saturated heterocycles. The van der Waals surface area contributed by atoms with Crippen LogP contribution in [0.3, 0.4) is 0 Å². The molecule has 1 aromatic carbocycles. The van der Waals surface area contributed by atoms with Gasteiger partial charge < -0.3 is 4.74 Å². The van der Waals surface area contributed by atoms with Gasteiger partial charge in [0.15, 0.2) is 6.79 Å². The van der Waals surface area contributed by atoms with E-state index in [0.29, 0.717) is 5.56 Å². The molecular weight excluding hydrogens is 192 g/mol. The number of hydrogen-bond donors (Lipinski definition) is 0. The summed E-state index contributed by atoms with van der Waals surface area (Å²) in [6.07, 6.45) is 0. The highest BCUT2D eigenvalue weighted by molar-refractivity contribution is 7.86. The molecule has 0 saturated carbocycles. The summed E-state index contributed by atoms with van der Waals surface area (Å²) in [4.78, 5) is 0.201. The Kier molecular flexibility index (Phi) is 2.07. The van der Waals surface area contributed by atoms with E-state index in [1.165, 1.54) is 6.07 Å². The maximum atomic E-state index is 11.4. The van der Waals surface area contributed by atoms with E-state index in [9.17, 15) is 8.42 Å². The molecule has 0 aliphatic carbocycles. The topological polar surface area (TPSA) is 52.6 Å². The molecule has 0 amide bonds. The second-order valence-corrected chi connectivity index (χ2v) is 4.23.